The molecule has 1 aliphatic heterocycles. The summed E-state index contributed by atoms with van der Waals surface area (Å²) < 4.78 is 11.5. The quantitative estimate of drug-likeness (QED) is 0.346. The molecule has 2 aromatic carbocycles. The number of anilines is 1. The van der Waals surface area contributed by atoms with Crippen LogP contribution >= 0.6 is 0 Å². The lowest BCUT2D eigenvalue weighted by Gasteiger charge is -2.21. The average molecular weight is 499 g/mol. The van der Waals surface area contributed by atoms with Crippen LogP contribution in [0, 0.1) is 12.8 Å². The SMILES string of the molecule is Cc1ccc(OCCC2CCOCC2)cc1-c1cc(NC(=O)c2n[nH]c(Cc3ccccc3)n2)ncn1. The van der Waals surface area contributed by atoms with Gasteiger partial charge >= 0.3 is 0 Å². The van der Waals surface area contributed by atoms with Crippen molar-refractivity contribution in [2.75, 3.05) is 25.1 Å². The predicted molar refractivity (Wildman–Crippen MR) is 139 cm³/mol. The summed E-state index contributed by atoms with van der Waals surface area (Å²) in [6.45, 7) is 4.37. The third kappa shape index (κ3) is 6.56. The molecule has 0 spiro atoms. The minimum absolute atomic E-state index is 0.0576. The standard InChI is InChI=1S/C28H30N6O3/c1-19-7-8-22(37-14-11-20-9-12-36-13-10-20)16-23(19)24-17-25(30-18-29-24)32-28(35)27-31-26(33-34-27)15-21-5-3-2-4-6-21/h2-8,16-18,20H,9-15H2,1H3,(H,31,33,34)(H,29,30,32,35). The molecule has 9 heteroatoms. The van der Waals surface area contributed by atoms with Gasteiger partial charge in [0.25, 0.3) is 5.91 Å². The maximum absolute atomic E-state index is 12.8. The first kappa shape index (κ1) is 24.6. The zero-order valence-electron chi connectivity index (χ0n) is 20.8. The van der Waals surface area contributed by atoms with Crippen LogP contribution in [-0.2, 0) is 11.2 Å². The third-order valence-corrected chi connectivity index (χ3v) is 6.48. The van der Waals surface area contributed by atoms with Gasteiger partial charge in [-0.05, 0) is 55.4 Å². The summed E-state index contributed by atoms with van der Waals surface area (Å²) in [5.41, 5.74) is 3.74. The van der Waals surface area contributed by atoms with E-state index in [-0.39, 0.29) is 5.82 Å². The van der Waals surface area contributed by atoms with Crippen LogP contribution in [0.3, 0.4) is 0 Å². The number of rotatable bonds is 9. The Bertz CT molecular complexity index is 1330. The number of benzene rings is 2. The second-order valence-corrected chi connectivity index (χ2v) is 9.18. The Hall–Kier alpha value is -4.11. The molecular formula is C28H30N6O3. The minimum atomic E-state index is -0.442. The predicted octanol–water partition coefficient (Wildman–Crippen LogP) is 4.61. The molecule has 1 aliphatic rings. The summed E-state index contributed by atoms with van der Waals surface area (Å²) >= 11 is 0. The van der Waals surface area contributed by atoms with E-state index >= 15 is 0 Å². The van der Waals surface area contributed by atoms with E-state index in [1.165, 1.54) is 6.33 Å². The molecule has 0 saturated carbocycles. The van der Waals surface area contributed by atoms with Gasteiger partial charge in [-0.2, -0.15) is 0 Å². The maximum Gasteiger partial charge on any atom is 0.296 e. The molecule has 5 rings (SSSR count). The fraction of sp³-hybridized carbons (Fsp3) is 0.321. The van der Waals surface area contributed by atoms with Crippen LogP contribution in [0.1, 0.15) is 46.8 Å². The lowest BCUT2D eigenvalue weighted by Crippen LogP contribution is -2.17. The van der Waals surface area contributed by atoms with Gasteiger partial charge in [0.15, 0.2) is 0 Å². The number of amides is 1. The molecule has 0 atom stereocenters. The summed E-state index contributed by atoms with van der Waals surface area (Å²) in [6.07, 6.45) is 5.21. The van der Waals surface area contributed by atoms with E-state index in [4.69, 9.17) is 9.47 Å². The first-order chi connectivity index (χ1) is 18.1. The monoisotopic (exact) mass is 498 g/mol. The Balaban J connectivity index is 1.23. The number of ether oxygens (including phenoxy) is 2. The van der Waals surface area contributed by atoms with Crippen molar-refractivity contribution in [1.82, 2.24) is 25.1 Å². The lowest BCUT2D eigenvalue weighted by atomic mass is 9.97. The van der Waals surface area contributed by atoms with E-state index in [0.717, 1.165) is 54.9 Å². The number of aryl methyl sites for hydroxylation is 1. The van der Waals surface area contributed by atoms with Crippen LogP contribution in [0.5, 0.6) is 5.75 Å². The van der Waals surface area contributed by atoms with E-state index in [0.29, 0.717) is 36.3 Å². The smallest absolute Gasteiger partial charge is 0.296 e. The summed E-state index contributed by atoms with van der Waals surface area (Å²) in [5, 5.41) is 9.67. The fourth-order valence-corrected chi connectivity index (χ4v) is 4.36. The molecule has 2 aromatic heterocycles. The van der Waals surface area contributed by atoms with Gasteiger partial charge in [0.1, 0.15) is 23.7 Å². The minimum Gasteiger partial charge on any atom is -0.494 e. The molecule has 2 N–H and O–H groups in total. The third-order valence-electron chi connectivity index (χ3n) is 6.48. The zero-order valence-corrected chi connectivity index (χ0v) is 20.8. The number of hydrogen-bond acceptors (Lipinski definition) is 7. The molecule has 1 fully saturated rings. The highest BCUT2D eigenvalue weighted by molar-refractivity contribution is 6.01. The Labute approximate surface area is 215 Å². The second kappa shape index (κ2) is 11.7. The van der Waals surface area contributed by atoms with Gasteiger partial charge in [-0.25, -0.2) is 15.0 Å². The number of carbonyl (C=O) groups is 1. The first-order valence-electron chi connectivity index (χ1n) is 12.5. The van der Waals surface area contributed by atoms with E-state index in [2.05, 4.69) is 30.5 Å². The molecule has 0 unspecified atom stereocenters. The van der Waals surface area contributed by atoms with Crippen molar-refractivity contribution < 1.29 is 14.3 Å². The molecule has 0 radical (unpaired) electrons. The molecule has 1 saturated heterocycles. The fourth-order valence-electron chi connectivity index (χ4n) is 4.36. The molecule has 4 aromatic rings. The van der Waals surface area contributed by atoms with Gasteiger partial charge < -0.3 is 14.8 Å². The Morgan fingerprint density at radius 3 is 2.78 bits per heavy atom. The molecule has 190 valence electrons. The van der Waals surface area contributed by atoms with Crippen molar-refractivity contribution in [2.24, 2.45) is 5.92 Å². The van der Waals surface area contributed by atoms with Crippen LogP contribution in [0.4, 0.5) is 5.82 Å². The summed E-state index contributed by atoms with van der Waals surface area (Å²) in [4.78, 5) is 25.7. The molecule has 0 bridgehead atoms. The van der Waals surface area contributed by atoms with Crippen LogP contribution < -0.4 is 10.1 Å². The van der Waals surface area contributed by atoms with Crippen LogP contribution in [0.2, 0.25) is 0 Å². The molecular weight excluding hydrogens is 468 g/mol. The second-order valence-electron chi connectivity index (χ2n) is 9.18. The van der Waals surface area contributed by atoms with E-state index < -0.39 is 5.91 Å². The van der Waals surface area contributed by atoms with Gasteiger partial charge in [-0.3, -0.25) is 9.89 Å². The van der Waals surface area contributed by atoms with Crippen molar-refractivity contribution >= 4 is 11.7 Å². The van der Waals surface area contributed by atoms with Gasteiger partial charge in [0.05, 0.1) is 12.3 Å². The largest absolute Gasteiger partial charge is 0.494 e. The van der Waals surface area contributed by atoms with Crippen LogP contribution in [0.25, 0.3) is 11.3 Å². The summed E-state index contributed by atoms with van der Waals surface area (Å²) in [6, 6.07) is 17.6. The number of nitrogens with zero attached hydrogens (tertiary/aromatic N) is 4. The number of H-pyrrole nitrogens is 1. The van der Waals surface area contributed by atoms with Gasteiger partial charge in [0, 0.05) is 31.3 Å². The van der Waals surface area contributed by atoms with Gasteiger partial charge in [-0.1, -0.05) is 36.4 Å². The normalized spacial score (nSPS) is 13.9. The molecule has 37 heavy (non-hydrogen) atoms. The van der Waals surface area contributed by atoms with Gasteiger partial charge in [-0.15, -0.1) is 5.10 Å². The van der Waals surface area contributed by atoms with Gasteiger partial charge in [0.2, 0.25) is 5.82 Å². The highest BCUT2D eigenvalue weighted by Gasteiger charge is 2.16. The number of aromatic amines is 1. The van der Waals surface area contributed by atoms with E-state index in [1.54, 1.807) is 6.07 Å². The summed E-state index contributed by atoms with van der Waals surface area (Å²) in [5.74, 6) is 2.05. The molecule has 9 nitrogen and oxygen atoms in total. The Morgan fingerprint density at radius 1 is 1.11 bits per heavy atom. The van der Waals surface area contributed by atoms with E-state index in [1.807, 2.05) is 55.5 Å². The number of aromatic nitrogens is 5. The van der Waals surface area contributed by atoms with E-state index in [9.17, 15) is 4.79 Å². The Morgan fingerprint density at radius 2 is 1.95 bits per heavy atom. The number of nitrogens with one attached hydrogen (secondary N) is 2. The van der Waals surface area contributed by atoms with Crippen molar-refractivity contribution in [3.8, 4) is 17.0 Å². The first-order valence-corrected chi connectivity index (χ1v) is 12.5. The van der Waals surface area contributed by atoms with Crippen LogP contribution in [0.15, 0.2) is 60.9 Å². The summed E-state index contributed by atoms with van der Waals surface area (Å²) in [7, 11) is 0. The molecule has 3 heterocycles. The van der Waals surface area contributed by atoms with Crippen molar-refractivity contribution in [3.63, 3.8) is 0 Å². The van der Waals surface area contributed by atoms with Crippen molar-refractivity contribution in [3.05, 3.63) is 83.7 Å². The van der Waals surface area contributed by atoms with Crippen LogP contribution in [-0.4, -0.2) is 50.9 Å². The zero-order chi connectivity index (χ0) is 25.5. The number of carbonyl (C=O) groups excluding carboxylic acids is 1. The highest BCUT2D eigenvalue weighted by Crippen LogP contribution is 2.28. The van der Waals surface area contributed by atoms with Crippen molar-refractivity contribution in [1.29, 1.82) is 0 Å². The van der Waals surface area contributed by atoms with Crippen molar-refractivity contribution in [2.45, 2.75) is 32.6 Å². The maximum atomic E-state index is 12.8. The highest BCUT2D eigenvalue weighted by atomic mass is 16.5. The lowest BCUT2D eigenvalue weighted by molar-refractivity contribution is 0.0593. The Kier molecular flexibility index (Phi) is 7.81. The number of hydrogen-bond donors (Lipinski definition) is 2. The average Bonchev–Trinajstić information content (AvgIpc) is 3.40. The molecule has 0 aliphatic carbocycles. The topological polar surface area (TPSA) is 115 Å². The molecule has 1 amide bonds.